The molecule has 0 N–H and O–H groups in total. The van der Waals surface area contributed by atoms with Crippen LogP contribution in [0, 0.1) is 0 Å². The first-order valence-corrected chi connectivity index (χ1v) is 7.23. The van der Waals surface area contributed by atoms with Crippen molar-refractivity contribution in [3.05, 3.63) is 17.0 Å². The van der Waals surface area contributed by atoms with Crippen LogP contribution in [0.4, 0.5) is 5.82 Å². The van der Waals surface area contributed by atoms with Crippen molar-refractivity contribution in [3.63, 3.8) is 0 Å². The minimum Gasteiger partial charge on any atom is -0.369 e. The summed E-state index contributed by atoms with van der Waals surface area (Å²) < 4.78 is 5.92. The van der Waals surface area contributed by atoms with Gasteiger partial charge in [-0.15, -0.1) is 0 Å². The Morgan fingerprint density at radius 1 is 1.47 bits per heavy atom. The molecule has 106 valence electrons. The van der Waals surface area contributed by atoms with Gasteiger partial charge in [0.25, 0.3) is 0 Å². The van der Waals surface area contributed by atoms with Gasteiger partial charge in [-0.2, -0.15) is 0 Å². The van der Waals surface area contributed by atoms with Crippen LogP contribution in [-0.4, -0.2) is 34.8 Å². The lowest BCUT2D eigenvalue weighted by Gasteiger charge is -2.42. The zero-order valence-corrected chi connectivity index (χ0v) is 12.9. The smallest absolute Gasteiger partial charge is 0.134 e. The molecule has 1 aliphatic heterocycles. The second-order valence-electron chi connectivity index (χ2n) is 5.78. The Kier molecular flexibility index (Phi) is 4.31. The number of morpholine rings is 1. The van der Waals surface area contributed by atoms with Gasteiger partial charge in [-0.05, 0) is 27.2 Å². The highest BCUT2D eigenvalue weighted by molar-refractivity contribution is 6.29. The second-order valence-corrected chi connectivity index (χ2v) is 6.17. The molecule has 1 aromatic heterocycles. The number of ether oxygens (including phenoxy) is 1. The molecule has 19 heavy (non-hydrogen) atoms. The molecule has 1 aromatic rings. The van der Waals surface area contributed by atoms with E-state index in [0.717, 1.165) is 37.6 Å². The molecule has 1 unspecified atom stereocenters. The van der Waals surface area contributed by atoms with Crippen LogP contribution >= 0.6 is 11.6 Å². The summed E-state index contributed by atoms with van der Waals surface area (Å²) in [7, 11) is 0. The first kappa shape index (κ1) is 14.5. The van der Waals surface area contributed by atoms with Crippen molar-refractivity contribution in [3.8, 4) is 0 Å². The van der Waals surface area contributed by atoms with Gasteiger partial charge >= 0.3 is 0 Å². The number of anilines is 1. The lowest BCUT2D eigenvalue weighted by Crippen LogP contribution is -2.52. The molecule has 0 bridgehead atoms. The fourth-order valence-corrected chi connectivity index (χ4v) is 2.77. The van der Waals surface area contributed by atoms with E-state index in [4.69, 9.17) is 16.3 Å². The summed E-state index contributed by atoms with van der Waals surface area (Å²) in [4.78, 5) is 11.1. The van der Waals surface area contributed by atoms with E-state index in [1.165, 1.54) is 0 Å². The highest BCUT2D eigenvalue weighted by atomic mass is 35.5. The van der Waals surface area contributed by atoms with Crippen molar-refractivity contribution < 1.29 is 4.74 Å². The third-order valence-electron chi connectivity index (χ3n) is 3.09. The Morgan fingerprint density at radius 3 is 2.84 bits per heavy atom. The van der Waals surface area contributed by atoms with Crippen LogP contribution in [0.1, 0.15) is 39.9 Å². The third-order valence-corrected chi connectivity index (χ3v) is 3.29. The molecule has 0 radical (unpaired) electrons. The summed E-state index contributed by atoms with van der Waals surface area (Å²) in [5.41, 5.74) is -0.167. The van der Waals surface area contributed by atoms with Crippen molar-refractivity contribution in [2.45, 2.75) is 52.2 Å². The van der Waals surface area contributed by atoms with Gasteiger partial charge in [0.1, 0.15) is 16.8 Å². The Bertz CT molecular complexity index is 450. The van der Waals surface area contributed by atoms with Crippen molar-refractivity contribution in [1.82, 2.24) is 9.97 Å². The molecule has 2 heterocycles. The van der Waals surface area contributed by atoms with Gasteiger partial charge in [0, 0.05) is 25.6 Å². The Balaban J connectivity index is 2.25. The lowest BCUT2D eigenvalue weighted by molar-refractivity contribution is -0.0751. The maximum absolute atomic E-state index is 6.10. The number of hydrogen-bond acceptors (Lipinski definition) is 4. The first-order valence-electron chi connectivity index (χ1n) is 6.86. The zero-order chi connectivity index (χ0) is 14.0. The van der Waals surface area contributed by atoms with Gasteiger partial charge in [-0.25, -0.2) is 9.97 Å². The van der Waals surface area contributed by atoms with Gasteiger partial charge in [0.15, 0.2) is 0 Å². The van der Waals surface area contributed by atoms with Crippen molar-refractivity contribution >= 4 is 17.4 Å². The molecular formula is C14H22ClN3O. The minimum absolute atomic E-state index is 0.167. The third kappa shape index (κ3) is 3.80. The molecule has 1 fully saturated rings. The number of halogens is 1. The molecule has 1 saturated heterocycles. The monoisotopic (exact) mass is 283 g/mol. The molecule has 0 aliphatic carbocycles. The van der Waals surface area contributed by atoms with Crippen LogP contribution in [0.3, 0.4) is 0 Å². The highest BCUT2D eigenvalue weighted by Gasteiger charge is 2.32. The Hall–Kier alpha value is -0.870. The zero-order valence-electron chi connectivity index (χ0n) is 12.1. The molecule has 1 atom stereocenters. The topological polar surface area (TPSA) is 38.2 Å². The van der Waals surface area contributed by atoms with E-state index in [0.29, 0.717) is 5.15 Å². The van der Waals surface area contributed by atoms with Crippen LogP contribution in [0.15, 0.2) is 6.07 Å². The predicted molar refractivity (Wildman–Crippen MR) is 77.9 cm³/mol. The van der Waals surface area contributed by atoms with Gasteiger partial charge in [-0.3, -0.25) is 0 Å². The minimum atomic E-state index is -0.167. The van der Waals surface area contributed by atoms with Gasteiger partial charge in [0.2, 0.25) is 0 Å². The molecular weight excluding hydrogens is 262 g/mol. The second kappa shape index (κ2) is 5.63. The molecule has 0 aromatic carbocycles. The molecule has 5 heteroatoms. The highest BCUT2D eigenvalue weighted by Crippen LogP contribution is 2.26. The number of nitrogens with zero attached hydrogens (tertiary/aromatic N) is 3. The molecule has 4 nitrogen and oxygen atoms in total. The van der Waals surface area contributed by atoms with E-state index < -0.39 is 0 Å². The fourth-order valence-electron chi connectivity index (χ4n) is 2.58. The summed E-state index contributed by atoms with van der Waals surface area (Å²) in [5, 5.41) is 0.519. The Morgan fingerprint density at radius 2 is 2.21 bits per heavy atom. The molecule has 0 saturated carbocycles. The van der Waals surface area contributed by atoms with Crippen LogP contribution in [-0.2, 0) is 11.2 Å². The predicted octanol–water partition coefficient (Wildman–Crippen LogP) is 3.09. The van der Waals surface area contributed by atoms with E-state index >= 15 is 0 Å². The van der Waals surface area contributed by atoms with Crippen LogP contribution in [0.5, 0.6) is 0 Å². The largest absolute Gasteiger partial charge is 0.369 e. The quantitative estimate of drug-likeness (QED) is 0.799. The maximum atomic E-state index is 6.10. The van der Waals surface area contributed by atoms with E-state index in [1.54, 1.807) is 0 Å². The molecule has 2 rings (SSSR count). The Labute approximate surface area is 120 Å². The van der Waals surface area contributed by atoms with E-state index in [-0.39, 0.29) is 11.7 Å². The number of rotatable bonds is 3. The van der Waals surface area contributed by atoms with E-state index in [1.807, 2.05) is 6.07 Å². The normalized spacial score (nSPS) is 22.6. The van der Waals surface area contributed by atoms with Gasteiger partial charge in [0.05, 0.1) is 11.7 Å². The van der Waals surface area contributed by atoms with Crippen LogP contribution < -0.4 is 4.90 Å². The van der Waals surface area contributed by atoms with Crippen LogP contribution in [0.25, 0.3) is 0 Å². The van der Waals surface area contributed by atoms with E-state index in [2.05, 4.69) is 42.6 Å². The number of aromatic nitrogens is 2. The summed E-state index contributed by atoms with van der Waals surface area (Å²) in [6, 6.07) is 1.84. The average Bonchev–Trinajstić information content (AvgIpc) is 2.25. The summed E-state index contributed by atoms with van der Waals surface area (Å²) in [6.45, 7) is 10.1. The average molecular weight is 284 g/mol. The molecule has 0 spiro atoms. The van der Waals surface area contributed by atoms with Crippen molar-refractivity contribution in [1.29, 1.82) is 0 Å². The number of hydrogen-bond donors (Lipinski definition) is 0. The lowest BCUT2D eigenvalue weighted by atomic mass is 10.1. The standard InChI is InChI=1S/C14H22ClN3O/c1-5-6-12-16-11(15)7-13(17-12)18-8-10(2)19-14(3,4)9-18/h7,10H,5-6,8-9H2,1-4H3. The fraction of sp³-hybridized carbons (Fsp3) is 0.714. The first-order chi connectivity index (χ1) is 8.89. The van der Waals surface area contributed by atoms with Gasteiger partial charge in [-0.1, -0.05) is 18.5 Å². The summed E-state index contributed by atoms with van der Waals surface area (Å²) in [5.74, 6) is 1.73. The SMILES string of the molecule is CCCc1nc(Cl)cc(N2CC(C)OC(C)(C)C2)n1. The van der Waals surface area contributed by atoms with Crippen LogP contribution in [0.2, 0.25) is 5.15 Å². The van der Waals surface area contributed by atoms with Crippen molar-refractivity contribution in [2.24, 2.45) is 0 Å². The molecule has 1 aliphatic rings. The van der Waals surface area contributed by atoms with Gasteiger partial charge < -0.3 is 9.64 Å². The number of aryl methyl sites for hydroxylation is 1. The van der Waals surface area contributed by atoms with Crippen molar-refractivity contribution in [2.75, 3.05) is 18.0 Å². The molecule has 0 amide bonds. The van der Waals surface area contributed by atoms with E-state index in [9.17, 15) is 0 Å². The maximum Gasteiger partial charge on any atom is 0.134 e. The summed E-state index contributed by atoms with van der Waals surface area (Å²) in [6.07, 6.45) is 2.06. The summed E-state index contributed by atoms with van der Waals surface area (Å²) >= 11 is 6.10.